The van der Waals surface area contributed by atoms with Crippen LogP contribution in [0.4, 0.5) is 0 Å². The van der Waals surface area contributed by atoms with Crippen molar-refractivity contribution in [3.63, 3.8) is 0 Å². The molecule has 1 amide bonds. The minimum atomic E-state index is 0.0791. The van der Waals surface area contributed by atoms with Gasteiger partial charge in [-0.2, -0.15) is 5.10 Å². The summed E-state index contributed by atoms with van der Waals surface area (Å²) in [5.74, 6) is 1.17. The van der Waals surface area contributed by atoms with Crippen molar-refractivity contribution >= 4 is 16.8 Å². The summed E-state index contributed by atoms with van der Waals surface area (Å²) < 4.78 is 9.59. The number of aromatic nitrogens is 3. The summed E-state index contributed by atoms with van der Waals surface area (Å²) in [7, 11) is 3.77. The van der Waals surface area contributed by atoms with Crippen LogP contribution in [0.1, 0.15) is 37.3 Å². The number of methoxy groups -OCH3 is 1. The smallest absolute Gasteiger partial charge is 0.219 e. The fourth-order valence-electron chi connectivity index (χ4n) is 4.53. The zero-order chi connectivity index (χ0) is 21.3. The summed E-state index contributed by atoms with van der Waals surface area (Å²) in [4.78, 5) is 14.7. The van der Waals surface area contributed by atoms with E-state index in [1.165, 1.54) is 22.0 Å². The molecule has 160 valence electrons. The van der Waals surface area contributed by atoms with Crippen LogP contribution in [-0.4, -0.2) is 51.4 Å². The normalized spacial score (nSPS) is 19.5. The summed E-state index contributed by atoms with van der Waals surface area (Å²) in [6.07, 6.45) is 6.75. The number of rotatable bonds is 7. The predicted molar refractivity (Wildman–Crippen MR) is 118 cm³/mol. The zero-order valence-electron chi connectivity index (χ0n) is 18.3. The Morgan fingerprint density at radius 3 is 2.80 bits per heavy atom. The molecule has 0 radical (unpaired) electrons. The molecule has 1 saturated heterocycles. The second kappa shape index (κ2) is 8.52. The lowest BCUT2D eigenvalue weighted by Crippen LogP contribution is -2.39. The van der Waals surface area contributed by atoms with Crippen molar-refractivity contribution in [3.8, 4) is 5.75 Å². The number of ether oxygens (including phenoxy) is 1. The van der Waals surface area contributed by atoms with Gasteiger partial charge in [0.15, 0.2) is 0 Å². The van der Waals surface area contributed by atoms with Crippen LogP contribution in [0.15, 0.2) is 36.8 Å². The Kier molecular flexibility index (Phi) is 5.81. The molecule has 1 aliphatic heterocycles. The van der Waals surface area contributed by atoms with Crippen LogP contribution >= 0.6 is 0 Å². The molecule has 3 aromatic rings. The fraction of sp³-hybridized carbons (Fsp3) is 0.478. The number of nitrogens with one attached hydrogen (secondary N) is 1. The highest BCUT2D eigenvalue weighted by Crippen LogP contribution is 2.36. The van der Waals surface area contributed by atoms with E-state index in [9.17, 15) is 4.79 Å². The molecule has 7 heteroatoms. The van der Waals surface area contributed by atoms with Crippen LogP contribution in [-0.2, 0) is 24.9 Å². The van der Waals surface area contributed by atoms with Crippen molar-refractivity contribution in [3.05, 3.63) is 47.9 Å². The Labute approximate surface area is 177 Å². The van der Waals surface area contributed by atoms with E-state index in [-0.39, 0.29) is 17.9 Å². The summed E-state index contributed by atoms with van der Waals surface area (Å²) in [5, 5.41) is 8.86. The van der Waals surface area contributed by atoms with Gasteiger partial charge in [-0.3, -0.25) is 14.4 Å². The van der Waals surface area contributed by atoms with Crippen LogP contribution in [0, 0.1) is 0 Å². The third-order valence-corrected chi connectivity index (χ3v) is 6.11. The molecule has 1 aromatic carbocycles. The van der Waals surface area contributed by atoms with Gasteiger partial charge in [0.05, 0.1) is 13.3 Å². The van der Waals surface area contributed by atoms with Gasteiger partial charge in [-0.25, -0.2) is 0 Å². The molecule has 2 aromatic heterocycles. The maximum Gasteiger partial charge on any atom is 0.219 e. The lowest BCUT2D eigenvalue weighted by Gasteiger charge is -2.19. The fourth-order valence-corrected chi connectivity index (χ4v) is 4.53. The van der Waals surface area contributed by atoms with Gasteiger partial charge in [0.1, 0.15) is 5.75 Å². The highest BCUT2D eigenvalue weighted by Gasteiger charge is 2.36. The van der Waals surface area contributed by atoms with Crippen molar-refractivity contribution in [2.75, 3.05) is 20.2 Å². The largest absolute Gasteiger partial charge is 0.497 e. The van der Waals surface area contributed by atoms with Gasteiger partial charge in [-0.05, 0) is 30.7 Å². The summed E-state index contributed by atoms with van der Waals surface area (Å²) in [6, 6.07) is 6.28. The standard InChI is InChI=1S/C23H31N5O2/c1-5-23(29)25-21-15-27(11-16-10-24-28(6-2)12-16)14-20(21)19-13-26(3)22-8-7-17(30-4)9-18(19)22/h7-10,12-13,20-21H,5-6,11,14-15H2,1-4H3,(H,25,29)/t20-,21+/m1/s1. The van der Waals surface area contributed by atoms with E-state index < -0.39 is 0 Å². The van der Waals surface area contributed by atoms with E-state index >= 15 is 0 Å². The average Bonchev–Trinajstić information content (AvgIpc) is 3.45. The van der Waals surface area contributed by atoms with Gasteiger partial charge in [0.25, 0.3) is 0 Å². The van der Waals surface area contributed by atoms with Crippen molar-refractivity contribution in [1.29, 1.82) is 0 Å². The van der Waals surface area contributed by atoms with E-state index in [4.69, 9.17) is 4.74 Å². The van der Waals surface area contributed by atoms with E-state index in [2.05, 4.69) is 58.4 Å². The van der Waals surface area contributed by atoms with E-state index in [0.29, 0.717) is 6.42 Å². The SMILES string of the molecule is CCC(=O)N[C@H]1CN(Cc2cnn(CC)c2)C[C@@H]1c1cn(C)c2ccc(OC)cc12. The minimum Gasteiger partial charge on any atom is -0.497 e. The number of carbonyl (C=O) groups is 1. The van der Waals surface area contributed by atoms with E-state index in [1.54, 1.807) is 7.11 Å². The molecule has 0 unspecified atom stereocenters. The summed E-state index contributed by atoms with van der Waals surface area (Å²) in [5.41, 5.74) is 3.64. The quantitative estimate of drug-likeness (QED) is 0.652. The first-order valence-electron chi connectivity index (χ1n) is 10.7. The number of hydrogen-bond donors (Lipinski definition) is 1. The first-order chi connectivity index (χ1) is 14.5. The lowest BCUT2D eigenvalue weighted by atomic mass is 9.93. The molecule has 0 saturated carbocycles. The van der Waals surface area contributed by atoms with Gasteiger partial charge >= 0.3 is 0 Å². The molecule has 30 heavy (non-hydrogen) atoms. The first kappa shape index (κ1) is 20.5. The number of aryl methyl sites for hydroxylation is 2. The monoisotopic (exact) mass is 409 g/mol. The topological polar surface area (TPSA) is 64.3 Å². The number of likely N-dealkylation sites (tertiary alicyclic amines) is 1. The lowest BCUT2D eigenvalue weighted by molar-refractivity contribution is -0.121. The molecule has 7 nitrogen and oxygen atoms in total. The number of hydrogen-bond acceptors (Lipinski definition) is 4. The van der Waals surface area contributed by atoms with Crippen molar-refractivity contribution in [1.82, 2.24) is 24.6 Å². The van der Waals surface area contributed by atoms with Crippen molar-refractivity contribution in [2.24, 2.45) is 7.05 Å². The minimum absolute atomic E-state index is 0.0791. The third kappa shape index (κ3) is 3.94. The zero-order valence-corrected chi connectivity index (χ0v) is 18.3. The highest BCUT2D eigenvalue weighted by atomic mass is 16.5. The van der Waals surface area contributed by atoms with Gasteiger partial charge in [0.2, 0.25) is 5.91 Å². The van der Waals surface area contributed by atoms with Gasteiger partial charge < -0.3 is 14.6 Å². The Bertz CT molecular complexity index is 1040. The molecule has 0 bridgehead atoms. The van der Waals surface area contributed by atoms with Crippen LogP contribution in [0.2, 0.25) is 0 Å². The predicted octanol–water partition coefficient (Wildman–Crippen LogP) is 2.90. The number of nitrogens with zero attached hydrogens (tertiary/aromatic N) is 4. The van der Waals surface area contributed by atoms with Crippen LogP contribution in [0.3, 0.4) is 0 Å². The molecular weight excluding hydrogens is 378 g/mol. The third-order valence-electron chi connectivity index (χ3n) is 6.11. The molecule has 0 aliphatic carbocycles. The van der Waals surface area contributed by atoms with E-state index in [1.807, 2.05) is 23.9 Å². The first-order valence-corrected chi connectivity index (χ1v) is 10.7. The Morgan fingerprint density at radius 1 is 1.27 bits per heavy atom. The van der Waals surface area contributed by atoms with Crippen molar-refractivity contribution < 1.29 is 9.53 Å². The maximum absolute atomic E-state index is 12.3. The van der Waals surface area contributed by atoms with Gasteiger partial charge in [-0.15, -0.1) is 0 Å². The molecule has 1 fully saturated rings. The van der Waals surface area contributed by atoms with Crippen LogP contribution < -0.4 is 10.1 Å². The molecule has 3 heterocycles. The summed E-state index contributed by atoms with van der Waals surface area (Å²) in [6.45, 7) is 7.42. The van der Waals surface area contributed by atoms with Gasteiger partial charge in [0, 0.05) is 80.5 Å². The van der Waals surface area contributed by atoms with Gasteiger partial charge in [-0.1, -0.05) is 6.92 Å². The summed E-state index contributed by atoms with van der Waals surface area (Å²) >= 11 is 0. The van der Waals surface area contributed by atoms with Crippen molar-refractivity contribution in [2.45, 2.75) is 45.3 Å². The highest BCUT2D eigenvalue weighted by molar-refractivity contribution is 5.86. The average molecular weight is 410 g/mol. The Hall–Kier alpha value is -2.80. The number of benzene rings is 1. The van der Waals surface area contributed by atoms with Crippen LogP contribution in [0.5, 0.6) is 5.75 Å². The molecule has 1 N–H and O–H groups in total. The van der Waals surface area contributed by atoms with Crippen LogP contribution in [0.25, 0.3) is 10.9 Å². The molecule has 0 spiro atoms. The second-order valence-corrected chi connectivity index (χ2v) is 8.11. The molecule has 4 rings (SSSR count). The Balaban J connectivity index is 1.65. The molecule has 2 atom stereocenters. The van der Waals surface area contributed by atoms with E-state index in [0.717, 1.165) is 31.9 Å². The second-order valence-electron chi connectivity index (χ2n) is 8.11. The molecule has 1 aliphatic rings. The maximum atomic E-state index is 12.3. The number of fused-ring (bicyclic) bond motifs is 1. The number of amides is 1. The molecular formula is C23H31N5O2. The Morgan fingerprint density at radius 2 is 2.10 bits per heavy atom. The number of carbonyl (C=O) groups excluding carboxylic acids is 1.